The van der Waals surface area contributed by atoms with Gasteiger partial charge in [0.25, 0.3) is 0 Å². The molecule has 0 aromatic heterocycles. The molecule has 0 aliphatic rings. The van der Waals surface area contributed by atoms with Crippen molar-refractivity contribution in [2.24, 2.45) is 0 Å². The average Bonchev–Trinajstić information content (AvgIpc) is 2.58. The van der Waals surface area contributed by atoms with Crippen LogP contribution in [0.3, 0.4) is 0 Å². The SMILES string of the molecule is N#Cc1ccc(C#CCOC(=O)c2ccc(C(F)(F)F)cc2)cc1. The van der Waals surface area contributed by atoms with Crippen LogP contribution in [0.25, 0.3) is 0 Å². The molecule has 0 aliphatic heterocycles. The summed E-state index contributed by atoms with van der Waals surface area (Å²) in [5.74, 6) is 4.61. The zero-order valence-corrected chi connectivity index (χ0v) is 12.2. The minimum Gasteiger partial charge on any atom is -0.449 e. The van der Waals surface area contributed by atoms with Crippen molar-refractivity contribution >= 4 is 5.97 Å². The van der Waals surface area contributed by atoms with Crippen LogP contribution < -0.4 is 0 Å². The highest BCUT2D eigenvalue weighted by Gasteiger charge is 2.30. The van der Waals surface area contributed by atoms with Crippen molar-refractivity contribution in [2.45, 2.75) is 6.18 Å². The molecule has 0 saturated heterocycles. The number of carbonyl (C=O) groups excluding carboxylic acids is 1. The first-order chi connectivity index (χ1) is 11.4. The van der Waals surface area contributed by atoms with Gasteiger partial charge in [-0.15, -0.1) is 0 Å². The second kappa shape index (κ2) is 7.34. The van der Waals surface area contributed by atoms with Gasteiger partial charge in [-0.05, 0) is 48.5 Å². The van der Waals surface area contributed by atoms with Gasteiger partial charge in [-0.1, -0.05) is 11.8 Å². The van der Waals surface area contributed by atoms with E-state index in [0.717, 1.165) is 24.3 Å². The Balaban J connectivity index is 1.92. The number of benzene rings is 2. The van der Waals surface area contributed by atoms with Crippen LogP contribution in [0.2, 0.25) is 0 Å². The Morgan fingerprint density at radius 2 is 1.58 bits per heavy atom. The number of esters is 1. The van der Waals surface area contributed by atoms with Crippen molar-refractivity contribution in [1.29, 1.82) is 5.26 Å². The van der Waals surface area contributed by atoms with Gasteiger partial charge in [0, 0.05) is 5.56 Å². The number of nitrogens with zero attached hydrogens (tertiary/aromatic N) is 1. The Labute approximate surface area is 136 Å². The largest absolute Gasteiger partial charge is 0.449 e. The fraction of sp³-hybridized carbons (Fsp3) is 0.111. The summed E-state index contributed by atoms with van der Waals surface area (Å²) in [4.78, 5) is 11.7. The lowest BCUT2D eigenvalue weighted by molar-refractivity contribution is -0.137. The zero-order chi connectivity index (χ0) is 17.6. The second-order valence-corrected chi connectivity index (χ2v) is 4.64. The lowest BCUT2D eigenvalue weighted by atomic mass is 10.1. The van der Waals surface area contributed by atoms with Crippen LogP contribution >= 0.6 is 0 Å². The number of hydrogen-bond donors (Lipinski definition) is 0. The molecule has 0 amide bonds. The molecule has 0 radical (unpaired) electrons. The predicted octanol–water partition coefficient (Wildman–Crippen LogP) is 3.79. The first-order valence-electron chi connectivity index (χ1n) is 6.73. The third-order valence-electron chi connectivity index (χ3n) is 2.97. The molecule has 0 heterocycles. The summed E-state index contributed by atoms with van der Waals surface area (Å²) in [5, 5.41) is 8.67. The summed E-state index contributed by atoms with van der Waals surface area (Å²) >= 11 is 0. The van der Waals surface area contributed by atoms with Crippen molar-refractivity contribution in [3.05, 3.63) is 70.8 Å². The molecule has 3 nitrogen and oxygen atoms in total. The Kier molecular flexibility index (Phi) is 5.23. The third kappa shape index (κ3) is 4.62. The summed E-state index contributed by atoms with van der Waals surface area (Å²) in [6.07, 6.45) is -4.45. The van der Waals surface area contributed by atoms with Crippen LogP contribution in [-0.4, -0.2) is 12.6 Å². The predicted molar refractivity (Wildman–Crippen MR) is 79.8 cm³/mol. The Morgan fingerprint density at radius 1 is 1.00 bits per heavy atom. The summed E-state index contributed by atoms with van der Waals surface area (Å²) in [6, 6.07) is 12.3. The van der Waals surface area contributed by atoms with Gasteiger partial charge < -0.3 is 4.74 Å². The van der Waals surface area contributed by atoms with Crippen LogP contribution in [0.4, 0.5) is 13.2 Å². The van der Waals surface area contributed by atoms with Crippen LogP contribution in [0, 0.1) is 23.2 Å². The molecule has 2 aromatic rings. The molecule has 2 rings (SSSR count). The Hall–Kier alpha value is -3.25. The lowest BCUT2D eigenvalue weighted by Crippen LogP contribution is -2.08. The summed E-state index contributed by atoms with van der Waals surface area (Å²) in [7, 11) is 0. The molecular weight excluding hydrogens is 319 g/mol. The van der Waals surface area contributed by atoms with E-state index >= 15 is 0 Å². The topological polar surface area (TPSA) is 50.1 Å². The number of nitriles is 1. The smallest absolute Gasteiger partial charge is 0.416 e. The standard InChI is InChI=1S/C18H10F3NO2/c19-18(20,21)16-9-7-15(8-10-16)17(23)24-11-1-2-13-3-5-14(12-22)6-4-13/h3-10H,11H2. The maximum absolute atomic E-state index is 12.4. The van der Waals surface area contributed by atoms with E-state index in [-0.39, 0.29) is 12.2 Å². The molecule has 0 atom stereocenters. The van der Waals surface area contributed by atoms with Crippen LogP contribution in [0.15, 0.2) is 48.5 Å². The molecule has 0 unspecified atom stereocenters. The summed E-state index contributed by atoms with van der Waals surface area (Å²) in [5.41, 5.74) is 0.344. The molecule has 0 saturated carbocycles. The number of hydrogen-bond acceptors (Lipinski definition) is 3. The number of halogens is 3. The molecule has 24 heavy (non-hydrogen) atoms. The first-order valence-corrected chi connectivity index (χ1v) is 6.73. The van der Waals surface area contributed by atoms with Gasteiger partial charge in [-0.2, -0.15) is 18.4 Å². The van der Waals surface area contributed by atoms with Crippen LogP contribution in [0.5, 0.6) is 0 Å². The minimum atomic E-state index is -4.45. The van der Waals surface area contributed by atoms with Gasteiger partial charge >= 0.3 is 12.1 Å². The molecule has 2 aromatic carbocycles. The molecular formula is C18H10F3NO2. The fourth-order valence-corrected chi connectivity index (χ4v) is 1.75. The lowest BCUT2D eigenvalue weighted by Gasteiger charge is -2.06. The average molecular weight is 329 g/mol. The van der Waals surface area contributed by atoms with Gasteiger partial charge in [0.1, 0.15) is 0 Å². The maximum atomic E-state index is 12.4. The molecule has 120 valence electrons. The van der Waals surface area contributed by atoms with E-state index in [2.05, 4.69) is 11.8 Å². The highest BCUT2D eigenvalue weighted by atomic mass is 19.4. The maximum Gasteiger partial charge on any atom is 0.416 e. The number of rotatable bonds is 2. The molecule has 0 aliphatic carbocycles. The van der Waals surface area contributed by atoms with E-state index in [4.69, 9.17) is 10.00 Å². The van der Waals surface area contributed by atoms with E-state index in [9.17, 15) is 18.0 Å². The second-order valence-electron chi connectivity index (χ2n) is 4.64. The fourth-order valence-electron chi connectivity index (χ4n) is 1.75. The van der Waals surface area contributed by atoms with Gasteiger partial charge in [0.05, 0.1) is 22.8 Å². The molecule has 6 heteroatoms. The highest BCUT2D eigenvalue weighted by molar-refractivity contribution is 5.89. The third-order valence-corrected chi connectivity index (χ3v) is 2.97. The normalized spacial score (nSPS) is 10.2. The quantitative estimate of drug-likeness (QED) is 0.622. The molecule has 0 spiro atoms. The number of carbonyl (C=O) groups is 1. The van der Waals surface area contributed by atoms with Crippen molar-refractivity contribution in [3.8, 4) is 17.9 Å². The van der Waals surface area contributed by atoms with Crippen LogP contribution in [0.1, 0.15) is 27.0 Å². The first kappa shape index (κ1) is 17.1. The van der Waals surface area contributed by atoms with E-state index in [1.807, 2.05) is 6.07 Å². The zero-order valence-electron chi connectivity index (χ0n) is 12.2. The monoisotopic (exact) mass is 329 g/mol. The van der Waals surface area contributed by atoms with E-state index in [1.54, 1.807) is 24.3 Å². The van der Waals surface area contributed by atoms with Crippen molar-refractivity contribution < 1.29 is 22.7 Å². The summed E-state index contributed by atoms with van der Waals surface area (Å²) < 4.78 is 42.2. The Morgan fingerprint density at radius 3 is 2.12 bits per heavy atom. The van der Waals surface area contributed by atoms with Gasteiger partial charge in [0.15, 0.2) is 6.61 Å². The van der Waals surface area contributed by atoms with Crippen molar-refractivity contribution in [3.63, 3.8) is 0 Å². The molecule has 0 N–H and O–H groups in total. The van der Waals surface area contributed by atoms with E-state index in [0.29, 0.717) is 11.1 Å². The molecule has 0 bridgehead atoms. The minimum absolute atomic E-state index is 0.0168. The van der Waals surface area contributed by atoms with Gasteiger partial charge in [0.2, 0.25) is 0 Å². The van der Waals surface area contributed by atoms with Crippen molar-refractivity contribution in [1.82, 2.24) is 0 Å². The van der Waals surface area contributed by atoms with Gasteiger partial charge in [-0.25, -0.2) is 4.79 Å². The highest BCUT2D eigenvalue weighted by Crippen LogP contribution is 2.29. The van der Waals surface area contributed by atoms with Crippen molar-refractivity contribution in [2.75, 3.05) is 6.61 Å². The Bertz CT molecular complexity index is 820. The van der Waals surface area contributed by atoms with Crippen LogP contribution in [-0.2, 0) is 10.9 Å². The van der Waals surface area contributed by atoms with E-state index in [1.165, 1.54) is 0 Å². The molecule has 0 fully saturated rings. The van der Waals surface area contributed by atoms with Gasteiger partial charge in [-0.3, -0.25) is 0 Å². The number of ether oxygens (including phenoxy) is 1. The number of alkyl halides is 3. The van der Waals surface area contributed by atoms with E-state index < -0.39 is 17.7 Å². The summed E-state index contributed by atoms with van der Waals surface area (Å²) in [6.45, 7) is -0.195.